The molecule has 0 unspecified atom stereocenters. The molecule has 0 amide bonds. The Balaban J connectivity index is 1.98. The Morgan fingerprint density at radius 3 is 2.93 bits per heavy atom. The van der Waals surface area contributed by atoms with Gasteiger partial charge in [-0.2, -0.15) is 0 Å². The molecule has 1 aromatic heterocycles. The molecule has 3 heteroatoms. The van der Waals surface area contributed by atoms with Crippen LogP contribution in [0, 0.1) is 6.92 Å². The van der Waals surface area contributed by atoms with Crippen molar-refractivity contribution < 1.29 is 0 Å². The molecule has 1 N–H and O–H groups in total. The van der Waals surface area contributed by atoms with Crippen molar-refractivity contribution in [2.24, 2.45) is 0 Å². The molecule has 2 rings (SSSR count). The number of nitrogens with one attached hydrogen (secondary N) is 1. The highest BCUT2D eigenvalue weighted by molar-refractivity contribution is 7.10. The Morgan fingerprint density at radius 1 is 1.53 bits per heavy atom. The number of aryl methyl sites for hydroxylation is 1. The molecule has 1 fully saturated rings. The first-order chi connectivity index (χ1) is 7.07. The van der Waals surface area contributed by atoms with Crippen LogP contribution >= 0.6 is 11.3 Å². The average Bonchev–Trinajstić information content (AvgIpc) is 2.50. The van der Waals surface area contributed by atoms with E-state index in [0.29, 0.717) is 0 Å². The topological polar surface area (TPSA) is 15.3 Å². The van der Waals surface area contributed by atoms with Crippen molar-refractivity contribution in [3.8, 4) is 0 Å². The van der Waals surface area contributed by atoms with Crippen molar-refractivity contribution in [1.82, 2.24) is 10.2 Å². The minimum Gasteiger partial charge on any atom is -0.309 e. The third-order valence-electron chi connectivity index (χ3n) is 2.99. The van der Waals surface area contributed by atoms with E-state index in [1.165, 1.54) is 17.0 Å². The van der Waals surface area contributed by atoms with Crippen molar-refractivity contribution in [3.05, 3.63) is 21.9 Å². The Kier molecular flexibility index (Phi) is 3.14. The minimum atomic E-state index is 0.267. The molecular formula is C12H20N2S. The van der Waals surface area contributed by atoms with Gasteiger partial charge in [0.25, 0.3) is 0 Å². The van der Waals surface area contributed by atoms with E-state index in [-0.39, 0.29) is 5.54 Å². The number of thiophene rings is 1. The predicted molar refractivity (Wildman–Crippen MR) is 66.4 cm³/mol. The fourth-order valence-corrected chi connectivity index (χ4v) is 3.10. The van der Waals surface area contributed by atoms with Gasteiger partial charge in [0.15, 0.2) is 0 Å². The first-order valence-electron chi connectivity index (χ1n) is 5.57. The van der Waals surface area contributed by atoms with Gasteiger partial charge in [0.2, 0.25) is 0 Å². The van der Waals surface area contributed by atoms with Gasteiger partial charge in [-0.25, -0.2) is 0 Å². The van der Waals surface area contributed by atoms with Crippen molar-refractivity contribution in [3.63, 3.8) is 0 Å². The molecule has 0 aliphatic carbocycles. The van der Waals surface area contributed by atoms with Crippen molar-refractivity contribution >= 4 is 11.3 Å². The van der Waals surface area contributed by atoms with Crippen LogP contribution in [0.3, 0.4) is 0 Å². The second-order valence-corrected chi connectivity index (χ2v) is 6.05. The van der Waals surface area contributed by atoms with Crippen LogP contribution in [0.5, 0.6) is 0 Å². The molecule has 1 aromatic rings. The molecule has 84 valence electrons. The van der Waals surface area contributed by atoms with Crippen molar-refractivity contribution in [1.29, 1.82) is 0 Å². The SMILES string of the molecule is Cc1ccsc1CN1CCNC(C)(C)C1. The summed E-state index contributed by atoms with van der Waals surface area (Å²) in [7, 11) is 0. The zero-order valence-electron chi connectivity index (χ0n) is 9.84. The monoisotopic (exact) mass is 224 g/mol. The highest BCUT2D eigenvalue weighted by Crippen LogP contribution is 2.20. The summed E-state index contributed by atoms with van der Waals surface area (Å²) in [6.45, 7) is 11.3. The quantitative estimate of drug-likeness (QED) is 0.829. The summed E-state index contributed by atoms with van der Waals surface area (Å²) in [4.78, 5) is 4.07. The van der Waals surface area contributed by atoms with Crippen LogP contribution in [0.4, 0.5) is 0 Å². The number of rotatable bonds is 2. The van der Waals surface area contributed by atoms with Gasteiger partial charge < -0.3 is 5.32 Å². The van der Waals surface area contributed by atoms with Crippen LogP contribution in [0.1, 0.15) is 24.3 Å². The summed E-state index contributed by atoms with van der Waals surface area (Å²) >= 11 is 1.88. The van der Waals surface area contributed by atoms with Gasteiger partial charge >= 0.3 is 0 Å². The third-order valence-corrected chi connectivity index (χ3v) is 3.99. The van der Waals surface area contributed by atoms with Crippen LogP contribution in [0.25, 0.3) is 0 Å². The molecule has 0 spiro atoms. The molecule has 1 aliphatic heterocycles. The van der Waals surface area contributed by atoms with Gasteiger partial charge in [-0.05, 0) is 37.8 Å². The van der Waals surface area contributed by atoms with E-state index in [4.69, 9.17) is 0 Å². The molecule has 2 heterocycles. The van der Waals surface area contributed by atoms with E-state index in [1.54, 1.807) is 0 Å². The summed E-state index contributed by atoms with van der Waals surface area (Å²) in [5.74, 6) is 0. The van der Waals surface area contributed by atoms with E-state index in [0.717, 1.165) is 19.6 Å². The van der Waals surface area contributed by atoms with Crippen molar-refractivity contribution in [2.45, 2.75) is 32.9 Å². The summed E-state index contributed by atoms with van der Waals surface area (Å²) in [6.07, 6.45) is 0. The molecule has 0 saturated carbocycles. The molecule has 1 saturated heterocycles. The highest BCUT2D eigenvalue weighted by Gasteiger charge is 2.25. The Bertz CT molecular complexity index is 330. The lowest BCUT2D eigenvalue weighted by molar-refractivity contribution is 0.149. The lowest BCUT2D eigenvalue weighted by Crippen LogP contribution is -2.56. The average molecular weight is 224 g/mol. The highest BCUT2D eigenvalue weighted by atomic mass is 32.1. The Morgan fingerprint density at radius 2 is 2.33 bits per heavy atom. The Hall–Kier alpha value is -0.380. The summed E-state index contributed by atoms with van der Waals surface area (Å²) in [5, 5.41) is 5.74. The fourth-order valence-electron chi connectivity index (χ4n) is 2.15. The first kappa shape index (κ1) is 11.1. The summed E-state index contributed by atoms with van der Waals surface area (Å²) in [6, 6.07) is 2.22. The molecule has 2 nitrogen and oxygen atoms in total. The Labute approximate surface area is 96.3 Å². The molecule has 15 heavy (non-hydrogen) atoms. The number of hydrogen-bond donors (Lipinski definition) is 1. The molecular weight excluding hydrogens is 204 g/mol. The van der Waals surface area contributed by atoms with Gasteiger partial charge in [0.05, 0.1) is 0 Å². The normalized spacial score (nSPS) is 21.8. The molecule has 1 aliphatic rings. The number of nitrogens with zero attached hydrogens (tertiary/aromatic N) is 1. The summed E-state index contributed by atoms with van der Waals surface area (Å²) < 4.78 is 0. The fraction of sp³-hybridized carbons (Fsp3) is 0.667. The molecule has 0 bridgehead atoms. The van der Waals surface area contributed by atoms with Gasteiger partial charge in [-0.1, -0.05) is 0 Å². The van der Waals surface area contributed by atoms with Gasteiger partial charge in [0.1, 0.15) is 0 Å². The van der Waals surface area contributed by atoms with Gasteiger partial charge in [0, 0.05) is 36.6 Å². The number of hydrogen-bond acceptors (Lipinski definition) is 3. The smallest absolute Gasteiger partial charge is 0.0331 e. The zero-order chi connectivity index (χ0) is 10.9. The van der Waals surface area contributed by atoms with Crippen molar-refractivity contribution in [2.75, 3.05) is 19.6 Å². The molecule has 0 radical (unpaired) electrons. The standard InChI is InChI=1S/C12H20N2S/c1-10-4-7-15-11(10)8-14-6-5-13-12(2,3)9-14/h4,7,13H,5-6,8-9H2,1-3H3. The summed E-state index contributed by atoms with van der Waals surface area (Å²) in [5.41, 5.74) is 1.71. The maximum atomic E-state index is 3.54. The van der Waals surface area contributed by atoms with Crippen LogP contribution in [-0.4, -0.2) is 30.1 Å². The first-order valence-corrected chi connectivity index (χ1v) is 6.45. The van der Waals surface area contributed by atoms with Gasteiger partial charge in [-0.3, -0.25) is 4.90 Å². The zero-order valence-corrected chi connectivity index (χ0v) is 10.7. The van der Waals surface area contributed by atoms with E-state index in [1.807, 2.05) is 11.3 Å². The lowest BCUT2D eigenvalue weighted by Gasteiger charge is -2.39. The van der Waals surface area contributed by atoms with E-state index in [2.05, 4.69) is 42.4 Å². The second kappa shape index (κ2) is 4.24. The van der Waals surface area contributed by atoms with Crippen LogP contribution in [-0.2, 0) is 6.54 Å². The van der Waals surface area contributed by atoms with Crippen LogP contribution in [0.15, 0.2) is 11.4 Å². The number of piperazine rings is 1. The predicted octanol–water partition coefficient (Wildman–Crippen LogP) is 2.24. The van der Waals surface area contributed by atoms with Crippen LogP contribution < -0.4 is 5.32 Å². The molecule has 0 atom stereocenters. The minimum absolute atomic E-state index is 0.267. The second-order valence-electron chi connectivity index (χ2n) is 5.05. The maximum Gasteiger partial charge on any atom is 0.0331 e. The van der Waals surface area contributed by atoms with E-state index < -0.39 is 0 Å². The van der Waals surface area contributed by atoms with Crippen LogP contribution in [0.2, 0.25) is 0 Å². The van der Waals surface area contributed by atoms with E-state index >= 15 is 0 Å². The third kappa shape index (κ3) is 2.80. The largest absolute Gasteiger partial charge is 0.309 e. The van der Waals surface area contributed by atoms with E-state index in [9.17, 15) is 0 Å². The molecule has 0 aromatic carbocycles. The van der Waals surface area contributed by atoms with Gasteiger partial charge in [-0.15, -0.1) is 11.3 Å². The maximum absolute atomic E-state index is 3.54. The lowest BCUT2D eigenvalue weighted by atomic mass is 10.0.